The third-order valence-corrected chi connectivity index (χ3v) is 0.796. The molecule has 0 spiro atoms. The molecule has 0 aromatic carbocycles. The van der Waals surface area contributed by atoms with Gasteiger partial charge in [-0.1, -0.05) is 5.57 Å². The summed E-state index contributed by atoms with van der Waals surface area (Å²) in [7, 11) is 0. The zero-order valence-corrected chi connectivity index (χ0v) is 5.97. The quantitative estimate of drug-likeness (QED) is 0.423. The van der Waals surface area contributed by atoms with Crippen molar-refractivity contribution in [1.82, 2.24) is 0 Å². The van der Waals surface area contributed by atoms with Crippen LogP contribution in [0.2, 0.25) is 0 Å². The lowest BCUT2D eigenvalue weighted by atomic mass is 10.1. The Balaban J connectivity index is 4.24. The van der Waals surface area contributed by atoms with Gasteiger partial charge in [0.1, 0.15) is 6.07 Å². The minimum atomic E-state index is -1.29. The van der Waals surface area contributed by atoms with Crippen LogP contribution in [0.1, 0.15) is 20.8 Å². The van der Waals surface area contributed by atoms with E-state index < -0.39 is 5.60 Å². The van der Waals surface area contributed by atoms with Gasteiger partial charge in [0, 0.05) is 0 Å². The zero-order valence-electron chi connectivity index (χ0n) is 5.97. The molecule has 1 atom stereocenters. The van der Waals surface area contributed by atoms with Crippen LogP contribution in [0.25, 0.3) is 0 Å². The van der Waals surface area contributed by atoms with Crippen LogP contribution >= 0.6 is 0 Å². The number of hydrogen-bond donors (Lipinski definition) is 1. The van der Waals surface area contributed by atoms with Gasteiger partial charge in [-0.15, -0.1) is 0 Å². The average Bonchev–Trinajstić information content (AvgIpc) is 1.63. The van der Waals surface area contributed by atoms with Crippen molar-refractivity contribution in [2.24, 2.45) is 0 Å². The van der Waals surface area contributed by atoms with E-state index in [1.165, 1.54) is 13.0 Å². The molecule has 0 aromatic heterocycles. The maximum Gasteiger partial charge on any atom is 0.167 e. The molecule has 1 N–H and O–H groups in total. The molecule has 50 valence electrons. The highest BCUT2D eigenvalue weighted by atomic mass is 16.3. The van der Waals surface area contributed by atoms with E-state index >= 15 is 0 Å². The lowest BCUT2D eigenvalue weighted by Crippen LogP contribution is -2.17. The highest BCUT2D eigenvalue weighted by molar-refractivity contribution is 5.15. The highest BCUT2D eigenvalue weighted by Gasteiger charge is 2.13. The van der Waals surface area contributed by atoms with Crippen molar-refractivity contribution in [2.75, 3.05) is 0 Å². The van der Waals surface area contributed by atoms with Crippen LogP contribution in [0.15, 0.2) is 11.6 Å². The molecule has 0 aromatic rings. The summed E-state index contributed by atoms with van der Waals surface area (Å²) in [6.45, 7) is 5.14. The first-order chi connectivity index (χ1) is 3.98. The molecule has 9 heavy (non-hydrogen) atoms. The van der Waals surface area contributed by atoms with Gasteiger partial charge in [0.2, 0.25) is 0 Å². The molecular formula is C7H11NO. The van der Waals surface area contributed by atoms with Gasteiger partial charge >= 0.3 is 0 Å². The molecule has 0 bridgehead atoms. The van der Waals surface area contributed by atoms with Crippen molar-refractivity contribution in [3.05, 3.63) is 11.6 Å². The lowest BCUT2D eigenvalue weighted by molar-refractivity contribution is 0.171. The van der Waals surface area contributed by atoms with Gasteiger partial charge in [0.25, 0.3) is 0 Å². The van der Waals surface area contributed by atoms with Gasteiger partial charge < -0.3 is 5.11 Å². The Labute approximate surface area is 55.4 Å². The molecule has 0 aliphatic heterocycles. The second kappa shape index (κ2) is 2.65. The average molecular weight is 125 g/mol. The fourth-order valence-corrected chi connectivity index (χ4v) is 0.594. The SMILES string of the molecule is CC(C)=CC(C)(O)C#N. The normalized spacial score (nSPS) is 15.4. The number of hydrogen-bond acceptors (Lipinski definition) is 2. The second-order valence-corrected chi connectivity index (χ2v) is 2.48. The van der Waals surface area contributed by atoms with E-state index in [1.54, 1.807) is 6.07 Å². The molecule has 0 rings (SSSR count). The lowest BCUT2D eigenvalue weighted by Gasteiger charge is -2.07. The summed E-state index contributed by atoms with van der Waals surface area (Å²) in [6, 6.07) is 1.75. The Kier molecular flexibility index (Phi) is 2.41. The molecular weight excluding hydrogens is 114 g/mol. The molecule has 2 nitrogen and oxygen atoms in total. The molecule has 0 amide bonds. The summed E-state index contributed by atoms with van der Waals surface area (Å²) < 4.78 is 0. The topological polar surface area (TPSA) is 44.0 Å². The Morgan fingerprint density at radius 3 is 2.22 bits per heavy atom. The molecule has 2 heteroatoms. The van der Waals surface area contributed by atoms with Crippen LogP contribution in [-0.4, -0.2) is 10.7 Å². The molecule has 0 saturated heterocycles. The Morgan fingerprint density at radius 2 is 2.11 bits per heavy atom. The van der Waals surface area contributed by atoms with E-state index in [0.29, 0.717) is 0 Å². The molecule has 0 aliphatic carbocycles. The van der Waals surface area contributed by atoms with Crippen LogP contribution in [-0.2, 0) is 0 Å². The van der Waals surface area contributed by atoms with E-state index in [2.05, 4.69) is 0 Å². The predicted octanol–water partition coefficient (Wildman–Crippen LogP) is 1.23. The monoisotopic (exact) mass is 125 g/mol. The van der Waals surface area contributed by atoms with Crippen LogP contribution in [0.5, 0.6) is 0 Å². The third kappa shape index (κ3) is 3.75. The van der Waals surface area contributed by atoms with E-state index in [-0.39, 0.29) is 0 Å². The van der Waals surface area contributed by atoms with Gasteiger partial charge in [0.15, 0.2) is 5.60 Å². The summed E-state index contributed by atoms with van der Waals surface area (Å²) >= 11 is 0. The highest BCUT2D eigenvalue weighted by Crippen LogP contribution is 2.05. The minimum absolute atomic E-state index is 0.946. The zero-order chi connectivity index (χ0) is 7.49. The fourth-order valence-electron chi connectivity index (χ4n) is 0.594. The van der Waals surface area contributed by atoms with Gasteiger partial charge in [-0.05, 0) is 26.8 Å². The largest absolute Gasteiger partial charge is 0.372 e. The van der Waals surface area contributed by atoms with Crippen LogP contribution < -0.4 is 0 Å². The maximum atomic E-state index is 9.06. The Bertz CT molecular complexity index is 158. The van der Waals surface area contributed by atoms with E-state index in [1.807, 2.05) is 13.8 Å². The van der Waals surface area contributed by atoms with Crippen molar-refractivity contribution in [2.45, 2.75) is 26.4 Å². The standard InChI is InChI=1S/C7H11NO/c1-6(2)4-7(3,9)5-8/h4,9H,1-3H3. The first-order valence-electron chi connectivity index (χ1n) is 2.77. The van der Waals surface area contributed by atoms with Gasteiger partial charge in [-0.2, -0.15) is 5.26 Å². The van der Waals surface area contributed by atoms with Gasteiger partial charge in [0.05, 0.1) is 0 Å². The van der Waals surface area contributed by atoms with E-state index in [4.69, 9.17) is 10.4 Å². The van der Waals surface area contributed by atoms with Gasteiger partial charge in [-0.25, -0.2) is 0 Å². The van der Waals surface area contributed by atoms with Crippen molar-refractivity contribution >= 4 is 0 Å². The molecule has 0 fully saturated rings. The second-order valence-electron chi connectivity index (χ2n) is 2.48. The smallest absolute Gasteiger partial charge is 0.167 e. The van der Waals surface area contributed by atoms with Crippen LogP contribution in [0, 0.1) is 11.3 Å². The summed E-state index contributed by atoms with van der Waals surface area (Å²) in [4.78, 5) is 0. The minimum Gasteiger partial charge on any atom is -0.372 e. The van der Waals surface area contributed by atoms with E-state index in [9.17, 15) is 0 Å². The Hall–Kier alpha value is -0.810. The number of nitriles is 1. The number of rotatable bonds is 1. The van der Waals surface area contributed by atoms with Crippen LogP contribution in [0.4, 0.5) is 0 Å². The number of allylic oxidation sites excluding steroid dienone is 1. The molecule has 0 radical (unpaired) electrons. The van der Waals surface area contributed by atoms with Gasteiger partial charge in [-0.3, -0.25) is 0 Å². The van der Waals surface area contributed by atoms with E-state index in [0.717, 1.165) is 5.57 Å². The third-order valence-electron chi connectivity index (χ3n) is 0.796. The van der Waals surface area contributed by atoms with Crippen molar-refractivity contribution < 1.29 is 5.11 Å². The number of aliphatic hydroxyl groups is 1. The summed E-state index contributed by atoms with van der Waals surface area (Å²) in [6.07, 6.45) is 1.52. The van der Waals surface area contributed by atoms with Crippen LogP contribution in [0.3, 0.4) is 0 Å². The molecule has 0 aliphatic rings. The summed E-state index contributed by atoms with van der Waals surface area (Å²) in [5, 5.41) is 17.4. The maximum absolute atomic E-state index is 9.06. The molecule has 1 unspecified atom stereocenters. The summed E-state index contributed by atoms with van der Waals surface area (Å²) in [5.74, 6) is 0. The summed E-state index contributed by atoms with van der Waals surface area (Å²) in [5.41, 5.74) is -0.347. The first kappa shape index (κ1) is 8.19. The Morgan fingerprint density at radius 1 is 1.67 bits per heavy atom. The van der Waals surface area contributed by atoms with Crippen molar-refractivity contribution in [3.63, 3.8) is 0 Å². The molecule has 0 saturated carbocycles. The molecule has 0 heterocycles. The first-order valence-corrected chi connectivity index (χ1v) is 2.77. The fraction of sp³-hybridized carbons (Fsp3) is 0.571. The predicted molar refractivity (Wildman–Crippen MR) is 35.7 cm³/mol. The number of nitrogens with zero attached hydrogens (tertiary/aromatic N) is 1. The van der Waals surface area contributed by atoms with Crippen molar-refractivity contribution in [3.8, 4) is 6.07 Å². The van der Waals surface area contributed by atoms with Crippen molar-refractivity contribution in [1.29, 1.82) is 5.26 Å².